The number of nitrogens with one attached hydrogen (secondary N) is 1. The monoisotopic (exact) mass is 264 g/mol. The number of aromatic nitrogens is 1. The second kappa shape index (κ2) is 7.49. The van der Waals surface area contributed by atoms with Crippen molar-refractivity contribution in [3.05, 3.63) is 33.2 Å². The molecular formula is C16H28N2O. The summed E-state index contributed by atoms with van der Waals surface area (Å²) < 4.78 is 1.92. The summed E-state index contributed by atoms with van der Waals surface area (Å²) in [6.07, 6.45) is 3.25. The average molecular weight is 264 g/mol. The lowest BCUT2D eigenvalue weighted by molar-refractivity contribution is 0.524. The molecule has 1 aromatic heterocycles. The first-order valence-corrected chi connectivity index (χ1v) is 7.44. The lowest BCUT2D eigenvalue weighted by Gasteiger charge is -2.16. The van der Waals surface area contributed by atoms with E-state index in [1.807, 2.05) is 18.4 Å². The van der Waals surface area contributed by atoms with Gasteiger partial charge in [0.2, 0.25) is 0 Å². The Morgan fingerprint density at radius 3 is 2.58 bits per heavy atom. The molecule has 1 unspecified atom stereocenters. The van der Waals surface area contributed by atoms with Crippen LogP contribution >= 0.6 is 0 Å². The summed E-state index contributed by atoms with van der Waals surface area (Å²) in [4.78, 5) is 12.5. The van der Waals surface area contributed by atoms with Crippen molar-refractivity contribution in [1.82, 2.24) is 9.88 Å². The maximum absolute atomic E-state index is 12.5. The van der Waals surface area contributed by atoms with E-state index in [4.69, 9.17) is 0 Å². The Morgan fingerprint density at radius 2 is 2.00 bits per heavy atom. The molecule has 0 saturated heterocycles. The molecule has 19 heavy (non-hydrogen) atoms. The zero-order valence-electron chi connectivity index (χ0n) is 13.0. The normalized spacial score (nSPS) is 12.7. The SMILES string of the molecule is CCCCn1c(C)cc(C)c(CNC(C)CC)c1=O. The van der Waals surface area contributed by atoms with Crippen LogP contribution in [0.2, 0.25) is 0 Å². The number of rotatable bonds is 7. The fraction of sp³-hybridized carbons (Fsp3) is 0.688. The second-order valence-electron chi connectivity index (χ2n) is 5.45. The Balaban J connectivity index is 3.00. The van der Waals surface area contributed by atoms with Gasteiger partial charge in [0.05, 0.1) is 0 Å². The zero-order valence-corrected chi connectivity index (χ0v) is 13.0. The Kier molecular flexibility index (Phi) is 6.29. The Hall–Kier alpha value is -1.09. The first-order chi connectivity index (χ1) is 9.01. The quantitative estimate of drug-likeness (QED) is 0.821. The van der Waals surface area contributed by atoms with Crippen molar-refractivity contribution >= 4 is 0 Å². The molecular weight excluding hydrogens is 236 g/mol. The van der Waals surface area contributed by atoms with Crippen molar-refractivity contribution in [2.24, 2.45) is 0 Å². The lowest BCUT2D eigenvalue weighted by Crippen LogP contribution is -2.32. The summed E-state index contributed by atoms with van der Waals surface area (Å²) in [6, 6.07) is 2.58. The van der Waals surface area contributed by atoms with Gasteiger partial charge < -0.3 is 9.88 Å². The van der Waals surface area contributed by atoms with Crippen molar-refractivity contribution in [2.45, 2.75) is 73.0 Å². The molecule has 0 fully saturated rings. The number of unbranched alkanes of at least 4 members (excludes halogenated alkanes) is 1. The van der Waals surface area contributed by atoms with Gasteiger partial charge in [0.15, 0.2) is 0 Å². The summed E-state index contributed by atoms with van der Waals surface area (Å²) in [6.45, 7) is 12.0. The highest BCUT2D eigenvalue weighted by Crippen LogP contribution is 2.08. The van der Waals surface area contributed by atoms with Gasteiger partial charge in [-0.2, -0.15) is 0 Å². The third kappa shape index (κ3) is 4.20. The molecule has 1 aromatic rings. The van der Waals surface area contributed by atoms with Gasteiger partial charge in [-0.3, -0.25) is 4.79 Å². The topological polar surface area (TPSA) is 34.0 Å². The van der Waals surface area contributed by atoms with Crippen LogP contribution in [0.4, 0.5) is 0 Å². The number of pyridine rings is 1. The van der Waals surface area contributed by atoms with Gasteiger partial charge in [-0.1, -0.05) is 20.3 Å². The fourth-order valence-electron chi connectivity index (χ4n) is 2.20. The molecule has 108 valence electrons. The second-order valence-corrected chi connectivity index (χ2v) is 5.45. The highest BCUT2D eigenvalue weighted by molar-refractivity contribution is 5.26. The van der Waals surface area contributed by atoms with E-state index >= 15 is 0 Å². The van der Waals surface area contributed by atoms with Gasteiger partial charge in [-0.15, -0.1) is 0 Å². The van der Waals surface area contributed by atoms with Crippen LogP contribution in [-0.2, 0) is 13.1 Å². The van der Waals surface area contributed by atoms with E-state index in [1.165, 1.54) is 0 Å². The van der Waals surface area contributed by atoms with E-state index in [0.29, 0.717) is 12.6 Å². The predicted octanol–water partition coefficient (Wildman–Crippen LogP) is 3.15. The molecule has 0 bridgehead atoms. The lowest BCUT2D eigenvalue weighted by atomic mass is 10.1. The molecule has 1 rings (SSSR count). The molecule has 0 radical (unpaired) electrons. The van der Waals surface area contributed by atoms with E-state index in [2.05, 4.69) is 32.2 Å². The Bertz CT molecular complexity index is 463. The standard InChI is InChI=1S/C16H28N2O/c1-6-8-9-18-14(5)10-12(3)15(16(18)19)11-17-13(4)7-2/h10,13,17H,6-9,11H2,1-5H3. The maximum Gasteiger partial charge on any atom is 0.255 e. The van der Waals surface area contributed by atoms with Crippen LogP contribution in [0, 0.1) is 13.8 Å². The predicted molar refractivity (Wildman–Crippen MR) is 81.7 cm³/mol. The molecule has 0 aliphatic carbocycles. The van der Waals surface area contributed by atoms with Gasteiger partial charge in [-0.05, 0) is 45.2 Å². The highest BCUT2D eigenvalue weighted by atomic mass is 16.1. The first-order valence-electron chi connectivity index (χ1n) is 7.44. The Morgan fingerprint density at radius 1 is 1.32 bits per heavy atom. The molecule has 0 spiro atoms. The number of aryl methyl sites for hydroxylation is 2. The van der Waals surface area contributed by atoms with Crippen LogP contribution in [0.1, 0.15) is 56.9 Å². The smallest absolute Gasteiger partial charge is 0.255 e. The van der Waals surface area contributed by atoms with Crippen molar-refractivity contribution in [3.63, 3.8) is 0 Å². The average Bonchev–Trinajstić information content (AvgIpc) is 2.37. The molecule has 1 heterocycles. The zero-order chi connectivity index (χ0) is 14.4. The molecule has 3 heteroatoms. The van der Waals surface area contributed by atoms with Crippen molar-refractivity contribution in [1.29, 1.82) is 0 Å². The Labute approximate surface area is 117 Å². The van der Waals surface area contributed by atoms with Crippen LogP contribution in [0.5, 0.6) is 0 Å². The summed E-state index contributed by atoms with van der Waals surface area (Å²) >= 11 is 0. The molecule has 0 aliphatic rings. The van der Waals surface area contributed by atoms with Gasteiger partial charge in [-0.25, -0.2) is 0 Å². The number of hydrogen-bond donors (Lipinski definition) is 1. The minimum absolute atomic E-state index is 0.182. The van der Waals surface area contributed by atoms with Crippen LogP contribution < -0.4 is 10.9 Å². The molecule has 0 amide bonds. The summed E-state index contributed by atoms with van der Waals surface area (Å²) in [5.41, 5.74) is 3.28. The van der Waals surface area contributed by atoms with E-state index in [9.17, 15) is 4.79 Å². The molecule has 3 nitrogen and oxygen atoms in total. The molecule has 0 aromatic carbocycles. The molecule has 1 N–H and O–H groups in total. The van der Waals surface area contributed by atoms with Crippen LogP contribution in [0.3, 0.4) is 0 Å². The summed E-state index contributed by atoms with van der Waals surface area (Å²) in [5.74, 6) is 0. The van der Waals surface area contributed by atoms with Crippen LogP contribution in [-0.4, -0.2) is 10.6 Å². The van der Waals surface area contributed by atoms with E-state index in [0.717, 1.165) is 42.6 Å². The van der Waals surface area contributed by atoms with Crippen molar-refractivity contribution in [3.8, 4) is 0 Å². The highest BCUT2D eigenvalue weighted by Gasteiger charge is 2.10. The minimum Gasteiger partial charge on any atom is -0.313 e. The van der Waals surface area contributed by atoms with Gasteiger partial charge in [0.1, 0.15) is 0 Å². The van der Waals surface area contributed by atoms with Gasteiger partial charge >= 0.3 is 0 Å². The van der Waals surface area contributed by atoms with Crippen LogP contribution in [0.15, 0.2) is 10.9 Å². The van der Waals surface area contributed by atoms with Crippen molar-refractivity contribution in [2.75, 3.05) is 0 Å². The maximum atomic E-state index is 12.5. The third-order valence-corrected chi connectivity index (χ3v) is 3.81. The first kappa shape index (κ1) is 16.0. The number of nitrogens with zero attached hydrogens (tertiary/aromatic N) is 1. The van der Waals surface area contributed by atoms with Crippen LogP contribution in [0.25, 0.3) is 0 Å². The van der Waals surface area contributed by atoms with E-state index < -0.39 is 0 Å². The van der Waals surface area contributed by atoms with Crippen molar-refractivity contribution < 1.29 is 0 Å². The number of hydrogen-bond acceptors (Lipinski definition) is 2. The fourth-order valence-corrected chi connectivity index (χ4v) is 2.20. The molecule has 0 aliphatic heterocycles. The largest absolute Gasteiger partial charge is 0.313 e. The van der Waals surface area contributed by atoms with Gasteiger partial charge in [0.25, 0.3) is 5.56 Å². The minimum atomic E-state index is 0.182. The van der Waals surface area contributed by atoms with E-state index in [1.54, 1.807) is 0 Å². The van der Waals surface area contributed by atoms with Gasteiger partial charge in [0, 0.05) is 30.4 Å². The molecule has 1 atom stereocenters. The van der Waals surface area contributed by atoms with E-state index in [-0.39, 0.29) is 5.56 Å². The summed E-state index contributed by atoms with van der Waals surface area (Å²) in [5, 5.41) is 3.42. The summed E-state index contributed by atoms with van der Waals surface area (Å²) in [7, 11) is 0. The third-order valence-electron chi connectivity index (χ3n) is 3.81. The molecule has 0 saturated carbocycles.